The first-order valence-electron chi connectivity index (χ1n) is 6.53. The van der Waals surface area contributed by atoms with Crippen molar-refractivity contribution in [3.8, 4) is 11.5 Å². The van der Waals surface area contributed by atoms with Crippen LogP contribution in [0.5, 0.6) is 11.5 Å². The van der Waals surface area contributed by atoms with Gasteiger partial charge in [-0.3, -0.25) is 4.79 Å². The third kappa shape index (κ3) is 3.73. The molecule has 1 aromatic heterocycles. The van der Waals surface area contributed by atoms with E-state index in [0.29, 0.717) is 33.6 Å². The number of hydrazone groups is 1. The fourth-order valence-corrected chi connectivity index (χ4v) is 2.45. The van der Waals surface area contributed by atoms with Crippen molar-refractivity contribution in [3.05, 3.63) is 34.3 Å². The second-order valence-corrected chi connectivity index (χ2v) is 5.36. The smallest absolute Gasteiger partial charge is 0.283 e. The highest BCUT2D eigenvalue weighted by Crippen LogP contribution is 2.26. The predicted molar refractivity (Wildman–Crippen MR) is 85.6 cm³/mol. The minimum atomic E-state index is -0.369. The van der Waals surface area contributed by atoms with Crippen molar-refractivity contribution in [2.45, 2.75) is 13.8 Å². The number of benzene rings is 1. The van der Waals surface area contributed by atoms with Crippen molar-refractivity contribution in [2.75, 3.05) is 12.3 Å². The highest BCUT2D eigenvalue weighted by atomic mass is 32.1. The van der Waals surface area contributed by atoms with Gasteiger partial charge in [0.05, 0.1) is 18.5 Å². The normalized spacial score (nSPS) is 10.8. The first kappa shape index (κ1) is 15.8. The summed E-state index contributed by atoms with van der Waals surface area (Å²) in [4.78, 5) is 16.3. The van der Waals surface area contributed by atoms with E-state index in [0.717, 1.165) is 11.3 Å². The highest BCUT2D eigenvalue weighted by molar-refractivity contribution is 7.17. The number of amides is 1. The maximum absolute atomic E-state index is 11.9. The number of anilines is 1. The molecule has 116 valence electrons. The molecule has 1 amide bonds. The van der Waals surface area contributed by atoms with Crippen molar-refractivity contribution in [3.63, 3.8) is 0 Å². The molecule has 0 atom stereocenters. The number of thiazole rings is 1. The van der Waals surface area contributed by atoms with Crippen molar-refractivity contribution >= 4 is 28.6 Å². The van der Waals surface area contributed by atoms with Crippen LogP contribution in [0.4, 0.5) is 5.13 Å². The van der Waals surface area contributed by atoms with E-state index in [4.69, 9.17) is 10.5 Å². The van der Waals surface area contributed by atoms with E-state index in [2.05, 4.69) is 15.5 Å². The lowest BCUT2D eigenvalue weighted by atomic mass is 10.2. The zero-order valence-corrected chi connectivity index (χ0v) is 13.0. The van der Waals surface area contributed by atoms with Gasteiger partial charge in [0.25, 0.3) is 5.91 Å². The van der Waals surface area contributed by atoms with Gasteiger partial charge in [0.15, 0.2) is 16.6 Å². The molecule has 0 radical (unpaired) electrons. The van der Waals surface area contributed by atoms with E-state index >= 15 is 0 Å². The Hall–Kier alpha value is -2.61. The Bertz CT molecular complexity index is 712. The number of ether oxygens (including phenoxy) is 1. The second kappa shape index (κ2) is 6.90. The average Bonchev–Trinajstić information content (AvgIpc) is 2.81. The lowest BCUT2D eigenvalue weighted by molar-refractivity contribution is 0.0958. The van der Waals surface area contributed by atoms with Crippen LogP contribution in [0.3, 0.4) is 0 Å². The SMILES string of the molecule is CCOc1cc(C=NNC(=O)c2sc(N)nc2C)ccc1O. The maximum Gasteiger partial charge on any atom is 0.283 e. The number of hydrogen-bond donors (Lipinski definition) is 3. The Morgan fingerprint density at radius 2 is 2.36 bits per heavy atom. The number of carbonyl (C=O) groups is 1. The van der Waals surface area contributed by atoms with E-state index in [9.17, 15) is 9.90 Å². The molecule has 0 aliphatic heterocycles. The Morgan fingerprint density at radius 3 is 3.00 bits per heavy atom. The first-order chi connectivity index (χ1) is 10.5. The van der Waals surface area contributed by atoms with Crippen LogP contribution in [0.15, 0.2) is 23.3 Å². The van der Waals surface area contributed by atoms with E-state index in [1.165, 1.54) is 12.3 Å². The van der Waals surface area contributed by atoms with Gasteiger partial charge >= 0.3 is 0 Å². The number of carbonyl (C=O) groups excluding carboxylic acids is 1. The van der Waals surface area contributed by atoms with Crippen LogP contribution < -0.4 is 15.9 Å². The number of rotatable bonds is 5. The average molecular weight is 320 g/mol. The number of nitrogens with two attached hydrogens (primary N) is 1. The lowest BCUT2D eigenvalue weighted by Gasteiger charge is -2.05. The van der Waals surface area contributed by atoms with E-state index in [1.807, 2.05) is 6.92 Å². The molecule has 0 bridgehead atoms. The first-order valence-corrected chi connectivity index (χ1v) is 7.35. The lowest BCUT2D eigenvalue weighted by Crippen LogP contribution is -2.17. The summed E-state index contributed by atoms with van der Waals surface area (Å²) in [6.07, 6.45) is 1.46. The third-order valence-electron chi connectivity index (χ3n) is 2.68. The summed E-state index contributed by atoms with van der Waals surface area (Å²) in [5.41, 5.74) is 9.21. The second-order valence-electron chi connectivity index (χ2n) is 4.33. The Kier molecular flexibility index (Phi) is 4.95. The predicted octanol–water partition coefficient (Wildman–Crippen LogP) is 1.90. The number of nitrogens with zero attached hydrogens (tertiary/aromatic N) is 2. The third-order valence-corrected chi connectivity index (χ3v) is 3.67. The summed E-state index contributed by atoms with van der Waals surface area (Å²) in [6, 6.07) is 4.79. The summed E-state index contributed by atoms with van der Waals surface area (Å²) in [5, 5.41) is 13.8. The highest BCUT2D eigenvalue weighted by Gasteiger charge is 2.13. The van der Waals surface area contributed by atoms with E-state index in [1.54, 1.807) is 19.1 Å². The molecule has 0 aliphatic carbocycles. The van der Waals surface area contributed by atoms with E-state index in [-0.39, 0.29) is 11.7 Å². The summed E-state index contributed by atoms with van der Waals surface area (Å²) in [6.45, 7) is 3.97. The number of phenols is 1. The van der Waals surface area contributed by atoms with Crippen molar-refractivity contribution in [1.29, 1.82) is 0 Å². The number of hydrogen-bond acceptors (Lipinski definition) is 7. The number of aromatic hydroxyl groups is 1. The number of nitrogens with one attached hydrogen (secondary N) is 1. The van der Waals surface area contributed by atoms with Crippen LogP contribution in [-0.2, 0) is 0 Å². The van der Waals surface area contributed by atoms with Gasteiger partial charge in [-0.1, -0.05) is 11.3 Å². The molecule has 0 spiro atoms. The molecule has 1 heterocycles. The van der Waals surface area contributed by atoms with Gasteiger partial charge in [-0.05, 0) is 37.6 Å². The van der Waals surface area contributed by atoms with Crippen molar-refractivity contribution < 1.29 is 14.6 Å². The fourth-order valence-electron chi connectivity index (χ4n) is 1.73. The monoisotopic (exact) mass is 320 g/mol. The molecule has 8 heteroatoms. The molecule has 0 unspecified atom stereocenters. The molecule has 1 aromatic carbocycles. The van der Waals surface area contributed by atoms with Crippen LogP contribution in [-0.4, -0.2) is 28.8 Å². The van der Waals surface area contributed by atoms with Crippen LogP contribution in [0.2, 0.25) is 0 Å². The van der Waals surface area contributed by atoms with Crippen LogP contribution in [0.25, 0.3) is 0 Å². The minimum absolute atomic E-state index is 0.0544. The summed E-state index contributed by atoms with van der Waals surface area (Å²) < 4.78 is 5.27. The minimum Gasteiger partial charge on any atom is -0.504 e. The zero-order valence-electron chi connectivity index (χ0n) is 12.2. The van der Waals surface area contributed by atoms with Gasteiger partial charge in [0.1, 0.15) is 4.88 Å². The molecule has 0 fully saturated rings. The summed E-state index contributed by atoms with van der Waals surface area (Å²) >= 11 is 1.11. The molecule has 4 N–H and O–H groups in total. The summed E-state index contributed by atoms with van der Waals surface area (Å²) in [7, 11) is 0. The van der Waals surface area contributed by atoms with Crippen molar-refractivity contribution in [2.24, 2.45) is 5.10 Å². The quantitative estimate of drug-likeness (QED) is 0.576. The maximum atomic E-state index is 11.9. The topological polar surface area (TPSA) is 110 Å². The van der Waals surface area contributed by atoms with Gasteiger partial charge in [0.2, 0.25) is 0 Å². The van der Waals surface area contributed by atoms with Crippen LogP contribution in [0, 0.1) is 6.92 Å². The molecular formula is C14H16N4O3S. The van der Waals surface area contributed by atoms with Gasteiger partial charge < -0.3 is 15.6 Å². The molecule has 0 saturated heterocycles. The number of nitrogen functional groups attached to an aromatic ring is 1. The van der Waals surface area contributed by atoms with Crippen molar-refractivity contribution in [1.82, 2.24) is 10.4 Å². The van der Waals surface area contributed by atoms with Gasteiger partial charge in [-0.15, -0.1) is 0 Å². The Balaban J connectivity index is 2.05. The van der Waals surface area contributed by atoms with E-state index < -0.39 is 0 Å². The molecule has 7 nitrogen and oxygen atoms in total. The Labute approximate surface area is 131 Å². The standard InChI is InChI=1S/C14H16N4O3S/c1-3-21-11-6-9(4-5-10(11)19)7-16-18-13(20)12-8(2)17-14(15)22-12/h4-7,19H,3H2,1-2H3,(H2,15,17)(H,18,20). The molecule has 2 aromatic rings. The van der Waals surface area contributed by atoms with Crippen LogP contribution >= 0.6 is 11.3 Å². The zero-order chi connectivity index (χ0) is 16.1. The summed E-state index contributed by atoms with van der Waals surface area (Å²) in [5.74, 6) is 0.0504. The number of phenolic OH excluding ortho intramolecular Hbond substituents is 1. The van der Waals surface area contributed by atoms with Crippen LogP contribution in [0.1, 0.15) is 27.9 Å². The number of aromatic nitrogens is 1. The molecule has 22 heavy (non-hydrogen) atoms. The van der Waals surface area contributed by atoms with Gasteiger partial charge in [0, 0.05) is 0 Å². The molecular weight excluding hydrogens is 304 g/mol. The molecule has 2 rings (SSSR count). The fraction of sp³-hybridized carbons (Fsp3) is 0.214. The van der Waals surface area contributed by atoms with Gasteiger partial charge in [-0.25, -0.2) is 10.4 Å². The van der Waals surface area contributed by atoms with Gasteiger partial charge in [-0.2, -0.15) is 5.10 Å². The Morgan fingerprint density at radius 1 is 1.59 bits per heavy atom. The number of aryl methyl sites for hydroxylation is 1. The molecule has 0 aliphatic rings. The molecule has 0 saturated carbocycles. The largest absolute Gasteiger partial charge is 0.504 e.